The molecular weight excluding hydrogens is 270 g/mol. The standard InChI is InChI=1S/C14H17N5O2/c1-20-12-4-9(13-16-18-19-17-13)2-3-10(12)7-15-14-5-11(6-14)21-8-14/h2-4,11,15H,5-8H2,1H3,(H,16,17,18,19). The molecule has 1 saturated carbocycles. The first-order valence-corrected chi connectivity index (χ1v) is 7.05. The summed E-state index contributed by atoms with van der Waals surface area (Å²) in [7, 11) is 1.68. The fourth-order valence-corrected chi connectivity index (χ4v) is 3.12. The van der Waals surface area contributed by atoms with Gasteiger partial charge in [-0.15, -0.1) is 10.2 Å². The molecule has 7 nitrogen and oxygen atoms in total. The van der Waals surface area contributed by atoms with Crippen molar-refractivity contribution in [2.45, 2.75) is 31.0 Å². The minimum Gasteiger partial charge on any atom is -0.496 e. The first kappa shape index (κ1) is 12.7. The highest BCUT2D eigenvalue weighted by Gasteiger charge is 2.51. The Morgan fingerprint density at radius 3 is 3.05 bits per heavy atom. The van der Waals surface area contributed by atoms with Gasteiger partial charge in [-0.3, -0.25) is 0 Å². The van der Waals surface area contributed by atoms with Crippen molar-refractivity contribution in [3.8, 4) is 17.1 Å². The number of hydrogen-bond acceptors (Lipinski definition) is 6. The summed E-state index contributed by atoms with van der Waals surface area (Å²) in [5.74, 6) is 1.40. The molecule has 0 atom stereocenters. The van der Waals surface area contributed by atoms with E-state index in [4.69, 9.17) is 9.47 Å². The molecule has 0 spiro atoms. The quantitative estimate of drug-likeness (QED) is 0.850. The van der Waals surface area contributed by atoms with Gasteiger partial charge >= 0.3 is 0 Å². The molecular formula is C14H17N5O2. The van der Waals surface area contributed by atoms with Crippen molar-refractivity contribution in [3.63, 3.8) is 0 Å². The van der Waals surface area contributed by atoms with Crippen LogP contribution in [0.25, 0.3) is 11.4 Å². The summed E-state index contributed by atoms with van der Waals surface area (Å²) in [5.41, 5.74) is 2.19. The van der Waals surface area contributed by atoms with Crippen LogP contribution in [0.4, 0.5) is 0 Å². The smallest absolute Gasteiger partial charge is 0.204 e. The van der Waals surface area contributed by atoms with Crippen molar-refractivity contribution >= 4 is 0 Å². The molecule has 110 valence electrons. The molecule has 0 amide bonds. The van der Waals surface area contributed by atoms with Crippen LogP contribution >= 0.6 is 0 Å². The fourth-order valence-electron chi connectivity index (χ4n) is 3.12. The fraction of sp³-hybridized carbons (Fsp3) is 0.500. The number of H-pyrrole nitrogens is 1. The second-order valence-corrected chi connectivity index (χ2v) is 5.74. The van der Waals surface area contributed by atoms with E-state index in [0.717, 1.165) is 42.9 Å². The molecule has 1 aliphatic carbocycles. The van der Waals surface area contributed by atoms with E-state index in [-0.39, 0.29) is 5.54 Å². The van der Waals surface area contributed by atoms with E-state index < -0.39 is 0 Å². The molecule has 2 bridgehead atoms. The molecule has 3 aliphatic rings. The molecule has 0 radical (unpaired) electrons. The van der Waals surface area contributed by atoms with E-state index in [1.807, 2.05) is 18.2 Å². The van der Waals surface area contributed by atoms with E-state index in [1.165, 1.54) is 0 Å². The van der Waals surface area contributed by atoms with Gasteiger partial charge in [0.15, 0.2) is 0 Å². The molecule has 7 heteroatoms. The summed E-state index contributed by atoms with van der Waals surface area (Å²) in [4.78, 5) is 0. The summed E-state index contributed by atoms with van der Waals surface area (Å²) in [6.07, 6.45) is 2.71. The highest BCUT2D eigenvalue weighted by atomic mass is 16.5. The molecule has 3 heterocycles. The number of benzene rings is 1. The molecule has 1 aromatic carbocycles. The van der Waals surface area contributed by atoms with Gasteiger partial charge in [0, 0.05) is 23.2 Å². The number of nitrogens with zero attached hydrogens (tertiary/aromatic N) is 3. The molecule has 5 rings (SSSR count). The lowest BCUT2D eigenvalue weighted by molar-refractivity contribution is 0.119. The molecule has 2 saturated heterocycles. The molecule has 21 heavy (non-hydrogen) atoms. The zero-order valence-corrected chi connectivity index (χ0v) is 11.8. The van der Waals surface area contributed by atoms with Gasteiger partial charge in [-0.2, -0.15) is 5.21 Å². The lowest BCUT2D eigenvalue weighted by Gasteiger charge is -2.36. The molecule has 1 aromatic heterocycles. The van der Waals surface area contributed by atoms with Gasteiger partial charge in [-0.1, -0.05) is 12.1 Å². The number of rotatable bonds is 5. The van der Waals surface area contributed by atoms with Crippen molar-refractivity contribution in [1.29, 1.82) is 0 Å². The maximum atomic E-state index is 5.62. The summed E-state index contributed by atoms with van der Waals surface area (Å²) in [5, 5.41) is 17.6. The van der Waals surface area contributed by atoms with Gasteiger partial charge in [0.25, 0.3) is 0 Å². The molecule has 2 aliphatic heterocycles. The number of fused-ring (bicyclic) bond motifs is 1. The average molecular weight is 287 g/mol. The predicted molar refractivity (Wildman–Crippen MR) is 74.7 cm³/mol. The van der Waals surface area contributed by atoms with Crippen LogP contribution < -0.4 is 10.1 Å². The Morgan fingerprint density at radius 1 is 1.48 bits per heavy atom. The van der Waals surface area contributed by atoms with Crippen LogP contribution in [0.2, 0.25) is 0 Å². The Labute approximate surface area is 122 Å². The van der Waals surface area contributed by atoms with Gasteiger partial charge in [-0.05, 0) is 24.1 Å². The summed E-state index contributed by atoms with van der Waals surface area (Å²) in [6.45, 7) is 1.59. The Bertz CT molecular complexity index is 631. The second kappa shape index (κ2) is 4.78. The number of aromatic amines is 1. The minimum absolute atomic E-state index is 0.183. The third-order valence-electron chi connectivity index (χ3n) is 4.38. The van der Waals surface area contributed by atoms with Crippen LogP contribution in [0.15, 0.2) is 18.2 Å². The van der Waals surface area contributed by atoms with Gasteiger partial charge in [0.1, 0.15) is 5.75 Å². The zero-order valence-electron chi connectivity index (χ0n) is 11.8. The van der Waals surface area contributed by atoms with Crippen LogP contribution in [-0.4, -0.2) is 46.0 Å². The highest BCUT2D eigenvalue weighted by molar-refractivity contribution is 5.58. The molecule has 3 fully saturated rings. The van der Waals surface area contributed by atoms with Gasteiger partial charge in [0.2, 0.25) is 5.82 Å². The normalized spacial score (nSPS) is 26.6. The Morgan fingerprint density at radius 2 is 2.38 bits per heavy atom. The topological polar surface area (TPSA) is 85.0 Å². The van der Waals surface area contributed by atoms with Gasteiger partial charge < -0.3 is 14.8 Å². The monoisotopic (exact) mass is 287 g/mol. The largest absolute Gasteiger partial charge is 0.496 e. The molecule has 0 unspecified atom stereocenters. The number of hydrogen-bond donors (Lipinski definition) is 2. The Hall–Kier alpha value is -1.99. The van der Waals surface area contributed by atoms with Crippen molar-refractivity contribution in [2.24, 2.45) is 0 Å². The predicted octanol–water partition coefficient (Wildman–Crippen LogP) is 0.896. The van der Waals surface area contributed by atoms with Crippen LogP contribution in [-0.2, 0) is 11.3 Å². The molecule has 2 N–H and O–H groups in total. The summed E-state index contributed by atoms with van der Waals surface area (Å²) < 4.78 is 11.1. The van der Waals surface area contributed by atoms with E-state index in [0.29, 0.717) is 11.9 Å². The van der Waals surface area contributed by atoms with Crippen LogP contribution in [0, 0.1) is 0 Å². The summed E-state index contributed by atoms with van der Waals surface area (Å²) >= 11 is 0. The number of nitrogens with one attached hydrogen (secondary N) is 2. The first-order chi connectivity index (χ1) is 10.3. The van der Waals surface area contributed by atoms with Gasteiger partial charge in [0.05, 0.1) is 19.8 Å². The molecule has 2 aromatic rings. The van der Waals surface area contributed by atoms with Gasteiger partial charge in [-0.25, -0.2) is 0 Å². The minimum atomic E-state index is 0.183. The van der Waals surface area contributed by atoms with E-state index in [1.54, 1.807) is 7.11 Å². The van der Waals surface area contributed by atoms with E-state index in [2.05, 4.69) is 25.9 Å². The first-order valence-electron chi connectivity index (χ1n) is 7.05. The van der Waals surface area contributed by atoms with Crippen LogP contribution in [0.1, 0.15) is 18.4 Å². The number of ether oxygens (including phenoxy) is 2. The van der Waals surface area contributed by atoms with Crippen molar-refractivity contribution in [1.82, 2.24) is 25.9 Å². The SMILES string of the molecule is COc1cc(-c2nn[nH]n2)ccc1CNC12COC(C1)C2. The van der Waals surface area contributed by atoms with Crippen LogP contribution in [0.3, 0.4) is 0 Å². The van der Waals surface area contributed by atoms with E-state index in [9.17, 15) is 0 Å². The van der Waals surface area contributed by atoms with Crippen molar-refractivity contribution in [2.75, 3.05) is 13.7 Å². The lowest BCUT2D eigenvalue weighted by Crippen LogP contribution is -2.52. The highest BCUT2D eigenvalue weighted by Crippen LogP contribution is 2.42. The summed E-state index contributed by atoms with van der Waals surface area (Å²) in [6, 6.07) is 5.96. The zero-order chi connectivity index (χ0) is 14.3. The maximum absolute atomic E-state index is 5.62. The third kappa shape index (κ3) is 2.18. The van der Waals surface area contributed by atoms with Crippen molar-refractivity contribution < 1.29 is 9.47 Å². The average Bonchev–Trinajstić information content (AvgIpc) is 3.20. The number of methoxy groups -OCH3 is 1. The van der Waals surface area contributed by atoms with Crippen molar-refractivity contribution in [3.05, 3.63) is 23.8 Å². The maximum Gasteiger partial charge on any atom is 0.204 e. The van der Waals surface area contributed by atoms with E-state index >= 15 is 0 Å². The Balaban J connectivity index is 1.52. The lowest BCUT2D eigenvalue weighted by atomic mass is 9.78. The van der Waals surface area contributed by atoms with Crippen LogP contribution in [0.5, 0.6) is 5.75 Å². The Kier molecular flexibility index (Phi) is 2.90. The number of tetrazole rings is 1. The third-order valence-corrected chi connectivity index (χ3v) is 4.38. The number of aromatic nitrogens is 4. The second-order valence-electron chi connectivity index (χ2n) is 5.74.